The average molecular weight is 435 g/mol. The molecule has 30 heavy (non-hydrogen) atoms. The standard InChI is InChI=1S/C22H27FN2O4S/c1-3-21(25(30(2,27)28)18-12-8-16(23)9-13-18)22(26)24-17-10-14-20(15-11-17)29-19-6-4-5-7-19/h8-15,19,21H,3-7H2,1-2H3,(H,24,26). The highest BCUT2D eigenvalue weighted by Crippen LogP contribution is 2.26. The van der Waals surface area contributed by atoms with Crippen molar-refractivity contribution in [3.63, 3.8) is 0 Å². The number of ether oxygens (including phenoxy) is 1. The number of amides is 1. The molecule has 1 atom stereocenters. The van der Waals surface area contributed by atoms with Crippen molar-refractivity contribution < 1.29 is 22.3 Å². The van der Waals surface area contributed by atoms with E-state index in [-0.39, 0.29) is 18.2 Å². The van der Waals surface area contributed by atoms with Gasteiger partial charge in [-0.15, -0.1) is 0 Å². The summed E-state index contributed by atoms with van der Waals surface area (Å²) in [4.78, 5) is 12.9. The third kappa shape index (κ3) is 5.50. The molecule has 0 aromatic heterocycles. The monoisotopic (exact) mass is 434 g/mol. The van der Waals surface area contributed by atoms with E-state index < -0.39 is 27.8 Å². The molecule has 8 heteroatoms. The highest BCUT2D eigenvalue weighted by molar-refractivity contribution is 7.92. The van der Waals surface area contributed by atoms with Gasteiger partial charge in [0, 0.05) is 5.69 Å². The molecule has 1 amide bonds. The van der Waals surface area contributed by atoms with E-state index in [4.69, 9.17) is 4.74 Å². The molecule has 0 spiro atoms. The van der Waals surface area contributed by atoms with Crippen LogP contribution in [0.25, 0.3) is 0 Å². The average Bonchev–Trinajstić information content (AvgIpc) is 3.20. The summed E-state index contributed by atoms with van der Waals surface area (Å²) in [5.41, 5.74) is 0.783. The highest BCUT2D eigenvalue weighted by atomic mass is 32.2. The second-order valence-corrected chi connectivity index (χ2v) is 9.36. The van der Waals surface area contributed by atoms with E-state index in [2.05, 4.69) is 5.32 Å². The van der Waals surface area contributed by atoms with Gasteiger partial charge in [0.05, 0.1) is 18.0 Å². The maximum atomic E-state index is 13.3. The Kier molecular flexibility index (Phi) is 6.97. The number of nitrogens with zero attached hydrogens (tertiary/aromatic N) is 1. The fraction of sp³-hybridized carbons (Fsp3) is 0.409. The number of hydrogen-bond acceptors (Lipinski definition) is 4. The zero-order chi connectivity index (χ0) is 21.7. The van der Waals surface area contributed by atoms with Gasteiger partial charge in [-0.3, -0.25) is 9.10 Å². The molecule has 0 bridgehead atoms. The van der Waals surface area contributed by atoms with Crippen molar-refractivity contribution >= 4 is 27.3 Å². The van der Waals surface area contributed by atoms with Gasteiger partial charge in [0.25, 0.3) is 0 Å². The lowest BCUT2D eigenvalue weighted by atomic mass is 10.1. The lowest BCUT2D eigenvalue weighted by Gasteiger charge is -2.30. The number of carbonyl (C=O) groups is 1. The summed E-state index contributed by atoms with van der Waals surface area (Å²) < 4.78 is 45.1. The minimum Gasteiger partial charge on any atom is -0.490 e. The summed E-state index contributed by atoms with van der Waals surface area (Å²) >= 11 is 0. The minimum absolute atomic E-state index is 0.237. The number of sulfonamides is 1. The van der Waals surface area contributed by atoms with Gasteiger partial charge in [0.1, 0.15) is 17.6 Å². The fourth-order valence-electron chi connectivity index (χ4n) is 3.69. The van der Waals surface area contributed by atoms with Crippen LogP contribution in [0.5, 0.6) is 5.75 Å². The summed E-state index contributed by atoms with van der Waals surface area (Å²) in [6, 6.07) is 11.1. The Hall–Kier alpha value is -2.61. The molecule has 1 aliphatic rings. The molecule has 0 radical (unpaired) electrons. The zero-order valence-electron chi connectivity index (χ0n) is 17.2. The third-order valence-corrected chi connectivity index (χ3v) is 6.32. The first kappa shape index (κ1) is 22.1. The van der Waals surface area contributed by atoms with Gasteiger partial charge in [-0.2, -0.15) is 0 Å². The Labute approximate surface area is 177 Å². The molecule has 0 saturated heterocycles. The van der Waals surface area contributed by atoms with Crippen LogP contribution in [0, 0.1) is 5.82 Å². The molecule has 1 saturated carbocycles. The van der Waals surface area contributed by atoms with Crippen LogP contribution in [0.3, 0.4) is 0 Å². The van der Waals surface area contributed by atoms with Gasteiger partial charge in [0.15, 0.2) is 0 Å². The molecule has 1 N–H and O–H groups in total. The van der Waals surface area contributed by atoms with Crippen LogP contribution in [0.15, 0.2) is 48.5 Å². The lowest BCUT2D eigenvalue weighted by molar-refractivity contribution is -0.117. The smallest absolute Gasteiger partial charge is 0.248 e. The maximum Gasteiger partial charge on any atom is 0.248 e. The molecular weight excluding hydrogens is 407 g/mol. The number of hydrogen-bond donors (Lipinski definition) is 1. The Morgan fingerprint density at radius 3 is 2.27 bits per heavy atom. The first-order valence-corrected chi connectivity index (χ1v) is 12.0. The summed E-state index contributed by atoms with van der Waals surface area (Å²) in [6.45, 7) is 1.73. The fourth-order valence-corrected chi connectivity index (χ4v) is 4.90. The van der Waals surface area contributed by atoms with Gasteiger partial charge in [-0.1, -0.05) is 6.92 Å². The number of halogens is 1. The second kappa shape index (κ2) is 9.47. The van der Waals surface area contributed by atoms with Crippen LogP contribution in [0.1, 0.15) is 39.0 Å². The molecule has 2 aromatic carbocycles. The predicted octanol–water partition coefficient (Wildman–Crippen LogP) is 4.33. The van der Waals surface area contributed by atoms with Gasteiger partial charge in [-0.25, -0.2) is 12.8 Å². The summed E-state index contributed by atoms with van der Waals surface area (Å²) in [6.07, 6.45) is 6.00. The van der Waals surface area contributed by atoms with Crippen LogP contribution in [0.2, 0.25) is 0 Å². The Bertz CT molecular complexity index is 956. The van der Waals surface area contributed by atoms with Crippen molar-refractivity contribution in [1.82, 2.24) is 0 Å². The molecule has 0 aliphatic heterocycles. The highest BCUT2D eigenvalue weighted by Gasteiger charge is 2.31. The van der Waals surface area contributed by atoms with Crippen LogP contribution in [-0.4, -0.2) is 32.7 Å². The Balaban J connectivity index is 1.74. The molecule has 0 heterocycles. The predicted molar refractivity (Wildman–Crippen MR) is 116 cm³/mol. The number of nitrogens with one attached hydrogen (secondary N) is 1. The van der Waals surface area contributed by atoms with E-state index in [0.717, 1.165) is 29.2 Å². The first-order chi connectivity index (χ1) is 14.3. The van der Waals surface area contributed by atoms with Crippen molar-refractivity contribution in [3.8, 4) is 5.75 Å². The summed E-state index contributed by atoms with van der Waals surface area (Å²) in [5, 5.41) is 2.77. The molecule has 3 rings (SSSR count). The van der Waals surface area contributed by atoms with E-state index >= 15 is 0 Å². The zero-order valence-corrected chi connectivity index (χ0v) is 18.0. The normalized spacial score (nSPS) is 15.6. The largest absolute Gasteiger partial charge is 0.490 e. The van der Waals surface area contributed by atoms with Crippen LogP contribution in [-0.2, 0) is 14.8 Å². The number of benzene rings is 2. The maximum absolute atomic E-state index is 13.3. The van der Waals surface area contributed by atoms with E-state index in [0.29, 0.717) is 5.69 Å². The van der Waals surface area contributed by atoms with Crippen LogP contribution < -0.4 is 14.4 Å². The van der Waals surface area contributed by atoms with Crippen molar-refractivity contribution in [3.05, 3.63) is 54.3 Å². The van der Waals surface area contributed by atoms with Crippen molar-refractivity contribution in [2.24, 2.45) is 0 Å². The van der Waals surface area contributed by atoms with Crippen molar-refractivity contribution in [1.29, 1.82) is 0 Å². The van der Waals surface area contributed by atoms with E-state index in [1.54, 1.807) is 31.2 Å². The number of rotatable bonds is 8. The molecular formula is C22H27FN2O4S. The van der Waals surface area contributed by atoms with Gasteiger partial charge >= 0.3 is 0 Å². The Morgan fingerprint density at radius 1 is 1.13 bits per heavy atom. The summed E-state index contributed by atoms with van der Waals surface area (Å²) in [7, 11) is -3.77. The molecule has 162 valence electrons. The van der Waals surface area contributed by atoms with Crippen molar-refractivity contribution in [2.45, 2.75) is 51.2 Å². The van der Waals surface area contributed by atoms with Crippen molar-refractivity contribution in [2.75, 3.05) is 15.9 Å². The molecule has 2 aromatic rings. The van der Waals surface area contributed by atoms with E-state index in [1.165, 1.54) is 37.1 Å². The minimum atomic E-state index is -3.77. The Morgan fingerprint density at radius 2 is 1.73 bits per heavy atom. The van der Waals surface area contributed by atoms with E-state index in [9.17, 15) is 17.6 Å². The second-order valence-electron chi connectivity index (χ2n) is 7.50. The lowest BCUT2D eigenvalue weighted by Crippen LogP contribution is -2.47. The number of carbonyl (C=O) groups excluding carboxylic acids is 1. The van der Waals surface area contributed by atoms with Crippen LogP contribution in [0.4, 0.5) is 15.8 Å². The first-order valence-electron chi connectivity index (χ1n) is 10.1. The van der Waals surface area contributed by atoms with Gasteiger partial charge in [-0.05, 0) is 80.6 Å². The topological polar surface area (TPSA) is 75.7 Å². The van der Waals surface area contributed by atoms with Crippen LogP contribution >= 0.6 is 0 Å². The molecule has 1 fully saturated rings. The SMILES string of the molecule is CCC(C(=O)Nc1ccc(OC2CCCC2)cc1)N(c1ccc(F)cc1)S(C)(=O)=O. The van der Waals surface area contributed by atoms with Gasteiger partial charge < -0.3 is 10.1 Å². The summed E-state index contributed by atoms with van der Waals surface area (Å²) in [5.74, 6) is -0.197. The molecule has 1 unspecified atom stereocenters. The third-order valence-electron chi connectivity index (χ3n) is 5.14. The molecule has 1 aliphatic carbocycles. The quantitative estimate of drug-likeness (QED) is 0.671. The number of anilines is 2. The van der Waals surface area contributed by atoms with Gasteiger partial charge in [0.2, 0.25) is 15.9 Å². The molecule has 6 nitrogen and oxygen atoms in total. The van der Waals surface area contributed by atoms with E-state index in [1.807, 2.05) is 0 Å².